The van der Waals surface area contributed by atoms with Gasteiger partial charge in [-0.2, -0.15) is 0 Å². The van der Waals surface area contributed by atoms with Crippen LogP contribution in [0, 0.1) is 12.8 Å². The maximum atomic E-state index is 12.4. The number of guanidine groups is 1. The zero-order chi connectivity index (χ0) is 22.2. The number of likely N-dealkylation sites (tertiary alicyclic amines) is 1. The molecule has 0 bridgehead atoms. The van der Waals surface area contributed by atoms with E-state index in [1.807, 2.05) is 23.1 Å². The predicted octanol–water partition coefficient (Wildman–Crippen LogP) is 3.44. The number of amides is 1. The van der Waals surface area contributed by atoms with Gasteiger partial charge in [0, 0.05) is 65.3 Å². The molecule has 1 heterocycles. The van der Waals surface area contributed by atoms with Crippen LogP contribution in [0.2, 0.25) is 0 Å². The SMILES string of the molecule is CN=C(NCc1ccc(C)cc1N(C)C)NCC1CC(=O)N(CCc2ccccc2)C1.I. The van der Waals surface area contributed by atoms with Crippen molar-refractivity contribution in [2.45, 2.75) is 26.3 Å². The normalized spacial score (nSPS) is 16.0. The van der Waals surface area contributed by atoms with E-state index in [2.05, 4.69) is 71.9 Å². The monoisotopic (exact) mass is 549 g/mol. The van der Waals surface area contributed by atoms with Crippen LogP contribution in [0.4, 0.5) is 5.69 Å². The van der Waals surface area contributed by atoms with Crippen molar-refractivity contribution in [3.8, 4) is 0 Å². The van der Waals surface area contributed by atoms with E-state index in [9.17, 15) is 4.79 Å². The molecule has 1 unspecified atom stereocenters. The number of carbonyl (C=O) groups excluding carboxylic acids is 1. The van der Waals surface area contributed by atoms with Gasteiger partial charge in [0.25, 0.3) is 0 Å². The molecule has 0 saturated carbocycles. The molecule has 2 aromatic rings. The summed E-state index contributed by atoms with van der Waals surface area (Å²) in [6.07, 6.45) is 1.50. The lowest BCUT2D eigenvalue weighted by atomic mass is 10.1. The molecule has 1 saturated heterocycles. The Bertz CT molecular complexity index is 900. The third kappa shape index (κ3) is 7.39. The highest BCUT2D eigenvalue weighted by Gasteiger charge is 2.29. The summed E-state index contributed by atoms with van der Waals surface area (Å²) in [7, 11) is 5.90. The minimum Gasteiger partial charge on any atom is -0.377 e. The Hall–Kier alpha value is -2.29. The molecule has 32 heavy (non-hydrogen) atoms. The average molecular weight is 550 g/mol. The fourth-order valence-corrected chi connectivity index (χ4v) is 4.00. The van der Waals surface area contributed by atoms with Crippen LogP contribution in [-0.4, -0.2) is 57.5 Å². The first-order valence-corrected chi connectivity index (χ1v) is 11.0. The Balaban J connectivity index is 0.00000363. The number of carbonyl (C=O) groups is 1. The predicted molar refractivity (Wildman–Crippen MR) is 144 cm³/mol. The van der Waals surface area contributed by atoms with E-state index < -0.39 is 0 Å². The molecule has 6 nitrogen and oxygen atoms in total. The first kappa shape index (κ1) is 26.0. The van der Waals surface area contributed by atoms with Crippen LogP contribution in [-0.2, 0) is 17.8 Å². The molecule has 0 spiro atoms. The molecular formula is C25H36IN5O. The van der Waals surface area contributed by atoms with Crippen molar-refractivity contribution in [2.24, 2.45) is 10.9 Å². The lowest BCUT2D eigenvalue weighted by Crippen LogP contribution is -2.40. The summed E-state index contributed by atoms with van der Waals surface area (Å²) in [5, 5.41) is 6.81. The fraction of sp³-hybridized carbons (Fsp3) is 0.440. The first-order valence-electron chi connectivity index (χ1n) is 11.0. The van der Waals surface area contributed by atoms with Crippen molar-refractivity contribution in [1.82, 2.24) is 15.5 Å². The zero-order valence-electron chi connectivity index (χ0n) is 19.6. The maximum Gasteiger partial charge on any atom is 0.223 e. The number of rotatable bonds is 8. The van der Waals surface area contributed by atoms with Gasteiger partial charge >= 0.3 is 0 Å². The van der Waals surface area contributed by atoms with Crippen LogP contribution < -0.4 is 15.5 Å². The van der Waals surface area contributed by atoms with Crippen LogP contribution in [0.3, 0.4) is 0 Å². The van der Waals surface area contributed by atoms with E-state index in [4.69, 9.17) is 0 Å². The van der Waals surface area contributed by atoms with Crippen LogP contribution in [0.15, 0.2) is 53.5 Å². The molecule has 1 aliphatic heterocycles. The maximum absolute atomic E-state index is 12.4. The van der Waals surface area contributed by atoms with E-state index in [0.29, 0.717) is 18.9 Å². The Morgan fingerprint density at radius 3 is 2.59 bits per heavy atom. The van der Waals surface area contributed by atoms with E-state index in [1.54, 1.807) is 7.05 Å². The highest BCUT2D eigenvalue weighted by Crippen LogP contribution is 2.20. The Morgan fingerprint density at radius 1 is 1.16 bits per heavy atom. The summed E-state index contributed by atoms with van der Waals surface area (Å²) in [5.74, 6) is 1.32. The van der Waals surface area contributed by atoms with E-state index in [-0.39, 0.29) is 29.9 Å². The minimum atomic E-state index is 0. The summed E-state index contributed by atoms with van der Waals surface area (Å²) in [5.41, 5.74) is 4.95. The minimum absolute atomic E-state index is 0. The lowest BCUT2D eigenvalue weighted by Gasteiger charge is -2.20. The number of nitrogens with one attached hydrogen (secondary N) is 2. The van der Waals surface area contributed by atoms with E-state index in [1.165, 1.54) is 22.4 Å². The number of nitrogens with zero attached hydrogens (tertiary/aromatic N) is 3. The second-order valence-electron chi connectivity index (χ2n) is 8.48. The molecule has 0 aliphatic carbocycles. The summed E-state index contributed by atoms with van der Waals surface area (Å²) >= 11 is 0. The van der Waals surface area contributed by atoms with Crippen LogP contribution >= 0.6 is 24.0 Å². The van der Waals surface area contributed by atoms with E-state index >= 15 is 0 Å². The summed E-state index contributed by atoms with van der Waals surface area (Å²) in [6.45, 7) is 5.13. The largest absolute Gasteiger partial charge is 0.377 e. The molecule has 1 atom stereocenters. The number of aryl methyl sites for hydroxylation is 1. The molecule has 2 aromatic carbocycles. The van der Waals surface area contributed by atoms with Crippen molar-refractivity contribution >= 4 is 41.5 Å². The Morgan fingerprint density at radius 2 is 1.91 bits per heavy atom. The second kappa shape index (κ2) is 12.7. The Kier molecular flexibility index (Phi) is 10.3. The molecule has 3 rings (SSSR count). The Labute approximate surface area is 209 Å². The number of hydrogen-bond acceptors (Lipinski definition) is 3. The molecule has 0 radical (unpaired) electrons. The zero-order valence-corrected chi connectivity index (χ0v) is 21.9. The molecule has 174 valence electrons. The van der Waals surface area contributed by atoms with Crippen molar-refractivity contribution in [2.75, 3.05) is 45.7 Å². The van der Waals surface area contributed by atoms with Gasteiger partial charge < -0.3 is 20.4 Å². The molecule has 2 N–H and O–H groups in total. The molecule has 1 amide bonds. The number of hydrogen-bond donors (Lipinski definition) is 2. The molecule has 1 fully saturated rings. The highest BCUT2D eigenvalue weighted by atomic mass is 127. The number of benzene rings is 2. The van der Waals surface area contributed by atoms with E-state index in [0.717, 1.165) is 32.0 Å². The van der Waals surface area contributed by atoms with Crippen molar-refractivity contribution < 1.29 is 4.79 Å². The van der Waals surface area contributed by atoms with Gasteiger partial charge in [0.1, 0.15) is 0 Å². The van der Waals surface area contributed by atoms with Gasteiger partial charge in [0.2, 0.25) is 5.91 Å². The van der Waals surface area contributed by atoms with Gasteiger partial charge in [0.05, 0.1) is 0 Å². The molecule has 0 aromatic heterocycles. The molecule has 7 heteroatoms. The van der Waals surface area contributed by atoms with Gasteiger partial charge in [-0.15, -0.1) is 24.0 Å². The summed E-state index contributed by atoms with van der Waals surface area (Å²) < 4.78 is 0. The van der Waals surface area contributed by atoms with Crippen molar-refractivity contribution in [3.63, 3.8) is 0 Å². The van der Waals surface area contributed by atoms with Crippen LogP contribution in [0.5, 0.6) is 0 Å². The number of halogens is 1. The van der Waals surface area contributed by atoms with Gasteiger partial charge in [-0.05, 0) is 36.1 Å². The lowest BCUT2D eigenvalue weighted by molar-refractivity contribution is -0.127. The van der Waals surface area contributed by atoms with Crippen LogP contribution in [0.25, 0.3) is 0 Å². The van der Waals surface area contributed by atoms with Crippen molar-refractivity contribution in [1.29, 1.82) is 0 Å². The van der Waals surface area contributed by atoms with Crippen molar-refractivity contribution in [3.05, 3.63) is 65.2 Å². The molecular weight excluding hydrogens is 513 g/mol. The number of anilines is 1. The van der Waals surface area contributed by atoms with Gasteiger partial charge in [-0.25, -0.2) is 0 Å². The standard InChI is InChI=1S/C25H35N5O.HI/c1-19-10-11-22(23(14-19)29(3)4)17-28-25(26-2)27-16-21-15-24(31)30(18-21)13-12-20-8-6-5-7-9-20;/h5-11,14,21H,12-13,15-18H2,1-4H3,(H2,26,27,28);1H. The summed E-state index contributed by atoms with van der Waals surface area (Å²) in [4.78, 5) is 20.9. The average Bonchev–Trinajstić information content (AvgIpc) is 3.13. The third-order valence-corrected chi connectivity index (χ3v) is 5.76. The quantitative estimate of drug-likeness (QED) is 0.301. The smallest absolute Gasteiger partial charge is 0.223 e. The van der Waals surface area contributed by atoms with Gasteiger partial charge in [0.15, 0.2) is 5.96 Å². The summed E-state index contributed by atoms with van der Waals surface area (Å²) in [6, 6.07) is 16.8. The highest BCUT2D eigenvalue weighted by molar-refractivity contribution is 14.0. The third-order valence-electron chi connectivity index (χ3n) is 5.76. The second-order valence-corrected chi connectivity index (χ2v) is 8.48. The number of aliphatic imine (C=N–C) groups is 1. The first-order chi connectivity index (χ1) is 15.0. The van der Waals surface area contributed by atoms with Gasteiger partial charge in [-0.1, -0.05) is 42.5 Å². The molecule has 1 aliphatic rings. The van der Waals surface area contributed by atoms with Crippen LogP contribution in [0.1, 0.15) is 23.1 Å². The van der Waals surface area contributed by atoms with Gasteiger partial charge in [-0.3, -0.25) is 9.79 Å². The topological polar surface area (TPSA) is 60.0 Å². The fourth-order valence-electron chi connectivity index (χ4n) is 4.00.